The van der Waals surface area contributed by atoms with Gasteiger partial charge in [-0.2, -0.15) is 0 Å². The molecule has 0 unspecified atom stereocenters. The second-order valence-electron chi connectivity index (χ2n) is 12.8. The third-order valence-corrected chi connectivity index (χ3v) is 10.0. The third-order valence-electron chi connectivity index (χ3n) is 8.68. The quantitative estimate of drug-likeness (QED) is 0.494. The van der Waals surface area contributed by atoms with Gasteiger partial charge in [0.1, 0.15) is 34.7 Å². The molecule has 1 aliphatic carbocycles. The molecule has 2 fully saturated rings. The Hall–Kier alpha value is -2.85. The summed E-state index contributed by atoms with van der Waals surface area (Å²) in [4.78, 5) is 30.9. The highest BCUT2D eigenvalue weighted by atomic mass is 32.2. The maximum Gasteiger partial charge on any atom is 0.243 e. The summed E-state index contributed by atoms with van der Waals surface area (Å²) in [5, 5.41) is 10.7. The number of anilines is 1. The average molecular weight is 593 g/mol. The number of carbonyl (C=O) groups excluding carboxylic acids is 2. The van der Waals surface area contributed by atoms with Crippen molar-refractivity contribution >= 4 is 34.8 Å². The predicted octanol–water partition coefficient (Wildman–Crippen LogP) is 4.29. The van der Waals surface area contributed by atoms with Crippen LogP contribution >= 0.6 is 11.8 Å². The lowest BCUT2D eigenvalue weighted by molar-refractivity contribution is -0.111. The van der Waals surface area contributed by atoms with Crippen LogP contribution in [0.2, 0.25) is 0 Å². The third kappa shape index (κ3) is 5.97. The van der Waals surface area contributed by atoms with Crippen LogP contribution in [0.25, 0.3) is 5.76 Å². The molecule has 0 bridgehead atoms. The number of hydrogen-bond donors (Lipinski definition) is 1. The molecular formula is C33H40N2O6S. The van der Waals surface area contributed by atoms with E-state index >= 15 is 0 Å². The number of ether oxygens (including phenoxy) is 3. The van der Waals surface area contributed by atoms with Gasteiger partial charge in [0.25, 0.3) is 0 Å². The number of allylic oxidation sites excluding steroid dienone is 1. The Morgan fingerprint density at radius 1 is 0.976 bits per heavy atom. The lowest BCUT2D eigenvalue weighted by Gasteiger charge is -2.45. The summed E-state index contributed by atoms with van der Waals surface area (Å²) in [5.74, 6) is 1.02. The van der Waals surface area contributed by atoms with Crippen molar-refractivity contribution < 1.29 is 28.9 Å². The van der Waals surface area contributed by atoms with E-state index < -0.39 is 23.3 Å². The maximum absolute atomic E-state index is 13.0. The number of β-amino-alcohol motifs (C(OH)–C–C–N with tert-alkyl or cyclic N) is 1. The Kier molecular flexibility index (Phi) is 8.13. The van der Waals surface area contributed by atoms with Crippen LogP contribution in [-0.4, -0.2) is 91.6 Å². The standard InChI is InChI=1S/C33H40N2O6S/c1-32(2,3)22-4-7-25(8-5-22)40-20-24(36)19-34-12-10-33(11-13-34)21-42-31-29(38)28(37)26-9-6-23(18-27(26)30(31)41-33)35-14-16-39-17-15-35/h4-9,18,24,36H,10-17,19-21H2,1-3H3/t24-/m0/s1. The van der Waals surface area contributed by atoms with Crippen LogP contribution in [0.3, 0.4) is 0 Å². The van der Waals surface area contributed by atoms with Crippen LogP contribution in [-0.2, 0) is 19.7 Å². The molecule has 2 saturated heterocycles. The Labute approximate surface area is 252 Å². The molecule has 0 radical (unpaired) electrons. The molecule has 0 saturated carbocycles. The molecule has 224 valence electrons. The van der Waals surface area contributed by atoms with Crippen LogP contribution in [0.1, 0.15) is 55.1 Å². The topological polar surface area (TPSA) is 88.5 Å². The summed E-state index contributed by atoms with van der Waals surface area (Å²) in [7, 11) is 0. The molecule has 1 atom stereocenters. The number of hydrogen-bond acceptors (Lipinski definition) is 9. The van der Waals surface area contributed by atoms with E-state index in [1.165, 1.54) is 17.3 Å². The minimum atomic E-state index is -0.607. The number of likely N-dealkylation sites (tertiary alicyclic amines) is 1. The number of aliphatic hydroxyl groups is 1. The Morgan fingerprint density at radius 3 is 2.38 bits per heavy atom. The van der Waals surface area contributed by atoms with Crippen LogP contribution in [0, 0.1) is 0 Å². The minimum absolute atomic E-state index is 0.0848. The van der Waals surface area contributed by atoms with E-state index in [1.54, 1.807) is 6.07 Å². The van der Waals surface area contributed by atoms with Crippen molar-refractivity contribution in [2.45, 2.75) is 50.7 Å². The summed E-state index contributed by atoms with van der Waals surface area (Å²) in [6.07, 6.45) is 0.947. The van der Waals surface area contributed by atoms with Gasteiger partial charge in [-0.15, -0.1) is 11.8 Å². The lowest BCUT2D eigenvalue weighted by Crippen LogP contribution is -2.51. The van der Waals surface area contributed by atoms with Crippen molar-refractivity contribution in [2.75, 3.05) is 63.2 Å². The Morgan fingerprint density at radius 2 is 1.69 bits per heavy atom. The van der Waals surface area contributed by atoms with Crippen LogP contribution in [0.4, 0.5) is 5.69 Å². The first-order valence-electron chi connectivity index (χ1n) is 14.9. The molecule has 42 heavy (non-hydrogen) atoms. The molecular weight excluding hydrogens is 552 g/mol. The first kappa shape index (κ1) is 29.2. The zero-order valence-electron chi connectivity index (χ0n) is 24.7. The van der Waals surface area contributed by atoms with Gasteiger partial charge >= 0.3 is 0 Å². The van der Waals surface area contributed by atoms with Gasteiger partial charge in [-0.1, -0.05) is 32.9 Å². The first-order chi connectivity index (χ1) is 20.1. The first-order valence-corrected chi connectivity index (χ1v) is 15.9. The molecule has 6 rings (SSSR count). The number of carbonyl (C=O) groups is 2. The van der Waals surface area contributed by atoms with E-state index in [1.807, 2.05) is 24.3 Å². The zero-order chi connectivity index (χ0) is 29.5. The summed E-state index contributed by atoms with van der Waals surface area (Å²) < 4.78 is 18.1. The van der Waals surface area contributed by atoms with Crippen LogP contribution in [0.15, 0.2) is 47.4 Å². The van der Waals surface area contributed by atoms with Crippen LogP contribution in [0.5, 0.6) is 5.75 Å². The van der Waals surface area contributed by atoms with Gasteiger partial charge in [0.2, 0.25) is 11.6 Å². The van der Waals surface area contributed by atoms with Gasteiger partial charge in [-0.05, 0) is 41.3 Å². The van der Waals surface area contributed by atoms with Crippen molar-refractivity contribution in [1.82, 2.24) is 4.90 Å². The summed E-state index contributed by atoms with van der Waals surface area (Å²) in [6, 6.07) is 13.8. The molecule has 2 aromatic rings. The van der Waals surface area contributed by atoms with Crippen molar-refractivity contribution in [3.8, 4) is 5.75 Å². The van der Waals surface area contributed by atoms with E-state index in [0.29, 0.717) is 41.7 Å². The fourth-order valence-electron chi connectivity index (χ4n) is 6.05. The number of rotatable bonds is 6. The zero-order valence-corrected chi connectivity index (χ0v) is 25.5. The monoisotopic (exact) mass is 592 g/mol. The van der Waals surface area contributed by atoms with E-state index in [0.717, 1.165) is 56.0 Å². The fourth-order valence-corrected chi connectivity index (χ4v) is 7.31. The molecule has 1 N–H and O–H groups in total. The second-order valence-corrected chi connectivity index (χ2v) is 13.7. The molecule has 3 heterocycles. The number of thioether (sulfide) groups is 1. The summed E-state index contributed by atoms with van der Waals surface area (Å²) >= 11 is 1.46. The maximum atomic E-state index is 13.0. The normalized spacial score (nSPS) is 21.6. The Bertz CT molecular complexity index is 1370. The molecule has 9 heteroatoms. The van der Waals surface area contributed by atoms with Gasteiger partial charge in [0, 0.05) is 68.1 Å². The highest BCUT2D eigenvalue weighted by Crippen LogP contribution is 2.48. The van der Waals surface area contributed by atoms with Crippen LogP contribution < -0.4 is 9.64 Å². The number of piperidine rings is 1. The molecule has 1 spiro atoms. The highest BCUT2D eigenvalue weighted by molar-refractivity contribution is 8.04. The lowest BCUT2D eigenvalue weighted by atomic mass is 9.87. The van der Waals surface area contributed by atoms with Gasteiger partial charge in [-0.25, -0.2) is 0 Å². The number of morpholine rings is 1. The van der Waals surface area contributed by atoms with Gasteiger partial charge in [-0.3, -0.25) is 9.59 Å². The number of fused-ring (bicyclic) bond motifs is 2. The van der Waals surface area contributed by atoms with Crippen molar-refractivity contribution in [3.63, 3.8) is 0 Å². The summed E-state index contributed by atoms with van der Waals surface area (Å²) in [6.45, 7) is 11.7. The molecule has 3 aliphatic heterocycles. The molecule has 8 nitrogen and oxygen atoms in total. The number of Topliss-reactive ketones (excluding diaryl/α,β-unsaturated/α-hetero) is 2. The number of benzene rings is 2. The largest absolute Gasteiger partial charge is 0.491 e. The Balaban J connectivity index is 1.08. The van der Waals surface area contributed by atoms with E-state index in [4.69, 9.17) is 14.2 Å². The molecule has 0 aromatic heterocycles. The van der Waals surface area contributed by atoms with E-state index in [9.17, 15) is 14.7 Å². The van der Waals surface area contributed by atoms with Gasteiger partial charge < -0.3 is 29.1 Å². The SMILES string of the molecule is CC(C)(C)c1ccc(OC[C@@H](O)CN2CCC3(CC2)CSC2=C(O3)c3cc(N4CCOCC4)ccc3C(=O)C2=O)cc1. The van der Waals surface area contributed by atoms with E-state index in [-0.39, 0.29) is 12.0 Å². The molecule has 2 aromatic carbocycles. The number of nitrogens with zero attached hydrogens (tertiary/aromatic N) is 2. The number of ketones is 2. The fraction of sp³-hybridized carbons (Fsp3) is 0.515. The summed E-state index contributed by atoms with van der Waals surface area (Å²) in [5.41, 5.74) is 3.06. The molecule has 4 aliphatic rings. The van der Waals surface area contributed by atoms with E-state index in [2.05, 4.69) is 42.7 Å². The number of aliphatic hydroxyl groups excluding tert-OH is 1. The van der Waals surface area contributed by atoms with Gasteiger partial charge in [0.15, 0.2) is 0 Å². The smallest absolute Gasteiger partial charge is 0.243 e. The van der Waals surface area contributed by atoms with Crippen molar-refractivity contribution in [1.29, 1.82) is 0 Å². The van der Waals surface area contributed by atoms with Gasteiger partial charge in [0.05, 0.1) is 13.2 Å². The second kappa shape index (κ2) is 11.7. The predicted molar refractivity (Wildman–Crippen MR) is 164 cm³/mol. The average Bonchev–Trinajstić information content (AvgIpc) is 3.00. The minimum Gasteiger partial charge on any atom is -0.491 e. The van der Waals surface area contributed by atoms with Crippen molar-refractivity contribution in [2.24, 2.45) is 0 Å². The van der Waals surface area contributed by atoms with Crippen molar-refractivity contribution in [3.05, 3.63) is 64.1 Å². The highest BCUT2D eigenvalue weighted by Gasteiger charge is 2.46. The molecule has 0 amide bonds.